The Bertz CT molecular complexity index is 312. The van der Waals surface area contributed by atoms with Gasteiger partial charge in [-0.3, -0.25) is 0 Å². The molecule has 3 nitrogen and oxygen atoms in total. The Balaban J connectivity index is 3.00. The minimum atomic E-state index is 0.149. The molecular weight excluding hydrogens is 190 g/mol. The average Bonchev–Trinajstić information content (AvgIpc) is 2.28. The highest BCUT2D eigenvalue weighted by molar-refractivity contribution is 5.59. The van der Waals surface area contributed by atoms with Gasteiger partial charge in [0.1, 0.15) is 5.75 Å². The Hall–Kier alpha value is -1.22. The first-order valence-corrected chi connectivity index (χ1v) is 5.21. The van der Waals surface area contributed by atoms with Crippen molar-refractivity contribution in [3.8, 4) is 5.75 Å². The maximum Gasteiger partial charge on any atom is 0.142 e. The Morgan fingerprint density at radius 1 is 1.40 bits per heavy atom. The van der Waals surface area contributed by atoms with Crippen LogP contribution in [0.4, 0.5) is 5.69 Å². The van der Waals surface area contributed by atoms with Gasteiger partial charge in [-0.15, -0.1) is 0 Å². The van der Waals surface area contributed by atoms with E-state index in [4.69, 9.17) is 9.84 Å². The van der Waals surface area contributed by atoms with Crippen LogP contribution in [0.3, 0.4) is 0 Å². The molecule has 0 amide bonds. The van der Waals surface area contributed by atoms with Crippen molar-refractivity contribution in [1.82, 2.24) is 0 Å². The van der Waals surface area contributed by atoms with E-state index in [0.717, 1.165) is 17.9 Å². The minimum absolute atomic E-state index is 0.149. The largest absolute Gasteiger partial charge is 0.495 e. The second kappa shape index (κ2) is 5.61. The van der Waals surface area contributed by atoms with E-state index in [0.29, 0.717) is 6.54 Å². The quantitative estimate of drug-likeness (QED) is 0.801. The van der Waals surface area contributed by atoms with E-state index in [-0.39, 0.29) is 6.61 Å². The zero-order valence-electron chi connectivity index (χ0n) is 9.66. The summed E-state index contributed by atoms with van der Waals surface area (Å²) in [5.74, 6) is 0.850. The highest BCUT2D eigenvalue weighted by Gasteiger charge is 2.08. The molecule has 0 heterocycles. The highest BCUT2D eigenvalue weighted by atomic mass is 16.5. The van der Waals surface area contributed by atoms with Gasteiger partial charge in [0.25, 0.3) is 0 Å². The summed E-state index contributed by atoms with van der Waals surface area (Å²) in [6.07, 6.45) is 1.00. The van der Waals surface area contributed by atoms with Gasteiger partial charge in [0.15, 0.2) is 0 Å². The van der Waals surface area contributed by atoms with Gasteiger partial charge in [-0.1, -0.05) is 13.0 Å². The molecule has 3 heteroatoms. The Kier molecular flexibility index (Phi) is 4.43. The van der Waals surface area contributed by atoms with E-state index < -0.39 is 0 Å². The standard InChI is InChI=1S/C12H19NO2/c1-4-10-5-6-12(15-3)11(9-10)13(2)7-8-14/h5-6,9,14H,4,7-8H2,1-3H3. The SMILES string of the molecule is CCc1ccc(OC)c(N(C)CCO)c1. The van der Waals surface area contributed by atoms with Crippen molar-refractivity contribution < 1.29 is 9.84 Å². The minimum Gasteiger partial charge on any atom is -0.495 e. The molecule has 0 aliphatic carbocycles. The van der Waals surface area contributed by atoms with Crippen molar-refractivity contribution in [3.63, 3.8) is 0 Å². The van der Waals surface area contributed by atoms with Crippen LogP contribution >= 0.6 is 0 Å². The lowest BCUT2D eigenvalue weighted by Gasteiger charge is -2.21. The van der Waals surface area contributed by atoms with Crippen LogP contribution in [0.2, 0.25) is 0 Å². The number of aliphatic hydroxyl groups excluding tert-OH is 1. The molecule has 0 spiro atoms. The molecule has 1 aromatic carbocycles. The normalized spacial score (nSPS) is 10.1. The molecule has 0 aliphatic heterocycles. The first-order chi connectivity index (χ1) is 7.22. The summed E-state index contributed by atoms with van der Waals surface area (Å²) in [6, 6.07) is 6.14. The van der Waals surface area contributed by atoms with Crippen molar-refractivity contribution in [2.75, 3.05) is 32.2 Å². The molecular formula is C12H19NO2. The fraction of sp³-hybridized carbons (Fsp3) is 0.500. The number of benzene rings is 1. The summed E-state index contributed by atoms with van der Waals surface area (Å²) < 4.78 is 5.29. The number of likely N-dealkylation sites (N-methyl/N-ethyl adjacent to an activating group) is 1. The number of nitrogens with zero attached hydrogens (tertiary/aromatic N) is 1. The number of rotatable bonds is 5. The van der Waals surface area contributed by atoms with Gasteiger partial charge >= 0.3 is 0 Å². The van der Waals surface area contributed by atoms with Crippen LogP contribution in [0.1, 0.15) is 12.5 Å². The van der Waals surface area contributed by atoms with E-state index in [1.807, 2.05) is 18.0 Å². The van der Waals surface area contributed by atoms with Gasteiger partial charge in [0.05, 0.1) is 19.4 Å². The van der Waals surface area contributed by atoms with Crippen molar-refractivity contribution in [1.29, 1.82) is 0 Å². The average molecular weight is 209 g/mol. The summed E-state index contributed by atoms with van der Waals surface area (Å²) in [5, 5.41) is 8.91. The maximum atomic E-state index is 8.91. The number of anilines is 1. The predicted octanol–water partition coefficient (Wildman–Crippen LogP) is 1.69. The molecule has 84 valence electrons. The Morgan fingerprint density at radius 2 is 2.13 bits per heavy atom. The van der Waals surface area contributed by atoms with Gasteiger partial charge in [-0.2, -0.15) is 0 Å². The molecule has 1 N–H and O–H groups in total. The fourth-order valence-electron chi connectivity index (χ4n) is 1.52. The third-order valence-corrected chi connectivity index (χ3v) is 2.50. The van der Waals surface area contributed by atoms with Crippen molar-refractivity contribution in [2.45, 2.75) is 13.3 Å². The summed E-state index contributed by atoms with van der Waals surface area (Å²) in [4.78, 5) is 2.00. The lowest BCUT2D eigenvalue weighted by atomic mass is 10.1. The third-order valence-electron chi connectivity index (χ3n) is 2.50. The molecule has 0 saturated carbocycles. The Morgan fingerprint density at radius 3 is 2.67 bits per heavy atom. The molecule has 0 atom stereocenters. The number of ether oxygens (including phenoxy) is 1. The van der Waals surface area contributed by atoms with Crippen LogP contribution in [0.15, 0.2) is 18.2 Å². The molecule has 0 bridgehead atoms. The molecule has 1 aromatic rings. The Labute approximate surface area is 91.3 Å². The first kappa shape index (κ1) is 11.9. The number of methoxy groups -OCH3 is 1. The highest BCUT2D eigenvalue weighted by Crippen LogP contribution is 2.28. The molecule has 0 aliphatic rings. The van der Waals surface area contributed by atoms with Crippen LogP contribution in [0.5, 0.6) is 5.75 Å². The monoisotopic (exact) mass is 209 g/mol. The van der Waals surface area contributed by atoms with Gasteiger partial charge < -0.3 is 14.7 Å². The number of hydrogen-bond donors (Lipinski definition) is 1. The van der Waals surface area contributed by atoms with E-state index in [1.165, 1.54) is 5.56 Å². The summed E-state index contributed by atoms with van der Waals surface area (Å²) >= 11 is 0. The van der Waals surface area contributed by atoms with Crippen LogP contribution < -0.4 is 9.64 Å². The van der Waals surface area contributed by atoms with Crippen LogP contribution in [-0.2, 0) is 6.42 Å². The second-order valence-corrected chi connectivity index (χ2v) is 3.50. The van der Waals surface area contributed by atoms with Gasteiger partial charge in [-0.05, 0) is 24.1 Å². The van der Waals surface area contributed by atoms with E-state index in [2.05, 4.69) is 19.1 Å². The topological polar surface area (TPSA) is 32.7 Å². The zero-order chi connectivity index (χ0) is 11.3. The molecule has 0 fully saturated rings. The summed E-state index contributed by atoms with van der Waals surface area (Å²) in [6.45, 7) is 2.89. The van der Waals surface area contributed by atoms with E-state index in [9.17, 15) is 0 Å². The first-order valence-electron chi connectivity index (χ1n) is 5.21. The van der Waals surface area contributed by atoms with Crippen molar-refractivity contribution in [3.05, 3.63) is 23.8 Å². The molecule has 0 aromatic heterocycles. The van der Waals surface area contributed by atoms with Crippen LogP contribution in [0.25, 0.3) is 0 Å². The lowest BCUT2D eigenvalue weighted by molar-refractivity contribution is 0.303. The summed E-state index contributed by atoms with van der Waals surface area (Å²) in [7, 11) is 3.62. The molecule has 0 radical (unpaired) electrons. The second-order valence-electron chi connectivity index (χ2n) is 3.50. The van der Waals surface area contributed by atoms with E-state index >= 15 is 0 Å². The van der Waals surface area contributed by atoms with E-state index in [1.54, 1.807) is 7.11 Å². The predicted molar refractivity (Wildman–Crippen MR) is 62.7 cm³/mol. The smallest absolute Gasteiger partial charge is 0.142 e. The summed E-state index contributed by atoms with van der Waals surface area (Å²) in [5.41, 5.74) is 2.31. The van der Waals surface area contributed by atoms with Crippen LogP contribution in [-0.4, -0.2) is 32.4 Å². The molecule has 0 unspecified atom stereocenters. The van der Waals surface area contributed by atoms with Gasteiger partial charge in [0, 0.05) is 13.6 Å². The maximum absolute atomic E-state index is 8.91. The fourth-order valence-corrected chi connectivity index (χ4v) is 1.52. The molecule has 1 rings (SSSR count). The zero-order valence-corrected chi connectivity index (χ0v) is 9.66. The number of hydrogen-bond acceptors (Lipinski definition) is 3. The van der Waals surface area contributed by atoms with Crippen LogP contribution in [0, 0.1) is 0 Å². The lowest BCUT2D eigenvalue weighted by Crippen LogP contribution is -2.21. The van der Waals surface area contributed by atoms with Gasteiger partial charge in [0.2, 0.25) is 0 Å². The van der Waals surface area contributed by atoms with Crippen molar-refractivity contribution in [2.24, 2.45) is 0 Å². The molecule has 15 heavy (non-hydrogen) atoms. The third kappa shape index (κ3) is 2.86. The number of aryl methyl sites for hydroxylation is 1. The molecule has 0 saturated heterocycles. The number of aliphatic hydroxyl groups is 1. The van der Waals surface area contributed by atoms with Gasteiger partial charge in [-0.25, -0.2) is 0 Å². The van der Waals surface area contributed by atoms with Crippen molar-refractivity contribution >= 4 is 5.69 Å².